The van der Waals surface area contributed by atoms with Crippen LogP contribution in [0.1, 0.15) is 12.5 Å². The first-order valence-electron chi connectivity index (χ1n) is 4.90. The first-order valence-corrected chi connectivity index (χ1v) is 4.90. The van der Waals surface area contributed by atoms with Gasteiger partial charge in [0.25, 0.3) is 5.92 Å². The number of rotatable bonds is 3. The number of carbonyl (C=O) groups is 1. The third kappa shape index (κ3) is 1.81. The Morgan fingerprint density at radius 3 is 2.44 bits per heavy atom. The molecule has 3 heteroatoms. The monoisotopic (exact) mass is 220 g/mol. The van der Waals surface area contributed by atoms with E-state index < -0.39 is 5.92 Å². The van der Waals surface area contributed by atoms with Gasteiger partial charge in [-0.1, -0.05) is 30.3 Å². The summed E-state index contributed by atoms with van der Waals surface area (Å²) < 4.78 is 26.7. The predicted octanol–water partition coefficient (Wildman–Crippen LogP) is 3.23. The van der Waals surface area contributed by atoms with E-state index in [0.29, 0.717) is 5.56 Å². The first-order chi connectivity index (χ1) is 7.53. The predicted molar refractivity (Wildman–Crippen MR) is 58.1 cm³/mol. The van der Waals surface area contributed by atoms with E-state index >= 15 is 0 Å². The lowest BCUT2D eigenvalue weighted by atomic mass is 10.2. The Labute approximate surface area is 92.1 Å². The van der Waals surface area contributed by atoms with Crippen LogP contribution < -0.4 is 0 Å². The summed E-state index contributed by atoms with van der Waals surface area (Å²) in [6.45, 7) is 1.33. The van der Waals surface area contributed by atoms with Crippen molar-refractivity contribution in [1.29, 1.82) is 0 Å². The molecule has 0 spiro atoms. The maximum Gasteiger partial charge on any atom is 0.300 e. The zero-order chi connectivity index (χ0) is 11.8. The highest BCUT2D eigenvalue weighted by Gasteiger charge is 2.54. The lowest BCUT2D eigenvalue weighted by Crippen LogP contribution is -1.96. The molecule has 1 nitrogen and oxygen atoms in total. The van der Waals surface area contributed by atoms with Crippen molar-refractivity contribution in [3.8, 4) is 0 Å². The third-order valence-electron chi connectivity index (χ3n) is 2.41. The molecule has 1 aromatic carbocycles. The summed E-state index contributed by atoms with van der Waals surface area (Å²) in [6, 6.07) is 8.47. The van der Waals surface area contributed by atoms with Crippen LogP contribution in [0, 0.1) is 0 Å². The van der Waals surface area contributed by atoms with Crippen molar-refractivity contribution in [2.75, 3.05) is 0 Å². The van der Waals surface area contributed by atoms with Crippen LogP contribution >= 0.6 is 0 Å². The standard InChI is InChI=1S/C13H10F2O/c1-9(16)7-8-11-12(13(11,14)15)10-5-3-2-4-6-10/h2-8H,1H3/b8-7+. The summed E-state index contributed by atoms with van der Waals surface area (Å²) in [5.41, 5.74) is 0.468. The maximum absolute atomic E-state index is 13.4. The number of benzene rings is 1. The minimum atomic E-state index is -2.88. The Hall–Kier alpha value is -1.77. The second-order valence-corrected chi connectivity index (χ2v) is 3.67. The van der Waals surface area contributed by atoms with Gasteiger partial charge in [0.1, 0.15) is 0 Å². The number of hydrogen-bond acceptors (Lipinski definition) is 1. The normalized spacial score (nSPS) is 17.9. The fraction of sp³-hybridized carbons (Fsp3) is 0.154. The van der Waals surface area contributed by atoms with Gasteiger partial charge < -0.3 is 0 Å². The van der Waals surface area contributed by atoms with Gasteiger partial charge >= 0.3 is 0 Å². The Balaban J connectivity index is 2.31. The number of carbonyl (C=O) groups excluding carboxylic acids is 1. The molecule has 0 radical (unpaired) electrons. The van der Waals surface area contributed by atoms with Crippen molar-refractivity contribution in [2.45, 2.75) is 12.8 Å². The van der Waals surface area contributed by atoms with Crippen LogP contribution in [0.25, 0.3) is 5.57 Å². The Morgan fingerprint density at radius 2 is 1.88 bits per heavy atom. The molecular formula is C13H10F2O. The smallest absolute Gasteiger partial charge is 0.295 e. The molecule has 0 unspecified atom stereocenters. The van der Waals surface area contributed by atoms with E-state index in [1.165, 1.54) is 19.1 Å². The van der Waals surface area contributed by atoms with E-state index in [4.69, 9.17) is 0 Å². The molecule has 0 bridgehead atoms. The number of allylic oxidation sites excluding steroid dienone is 4. The minimum absolute atomic E-state index is 0.0191. The SMILES string of the molecule is CC(=O)/C=C/C1=C(c2ccccc2)C1(F)F. The largest absolute Gasteiger partial charge is 0.300 e. The summed E-state index contributed by atoms with van der Waals surface area (Å²) in [6.07, 6.45) is 2.36. The fourth-order valence-electron chi connectivity index (χ4n) is 1.58. The lowest BCUT2D eigenvalue weighted by Gasteiger charge is -1.96. The molecule has 0 amide bonds. The molecule has 0 saturated carbocycles. The van der Waals surface area contributed by atoms with Crippen molar-refractivity contribution in [3.63, 3.8) is 0 Å². The van der Waals surface area contributed by atoms with Crippen molar-refractivity contribution in [3.05, 3.63) is 53.6 Å². The molecule has 0 fully saturated rings. The van der Waals surface area contributed by atoms with Crippen molar-refractivity contribution in [1.82, 2.24) is 0 Å². The van der Waals surface area contributed by atoms with Gasteiger partial charge in [0.05, 0.1) is 0 Å². The molecule has 1 aliphatic carbocycles. The number of hydrogen-bond donors (Lipinski definition) is 0. The molecule has 0 aliphatic heterocycles. The van der Waals surface area contributed by atoms with Gasteiger partial charge in [-0.2, -0.15) is 8.78 Å². The Kier molecular flexibility index (Phi) is 2.46. The third-order valence-corrected chi connectivity index (χ3v) is 2.41. The summed E-state index contributed by atoms with van der Waals surface area (Å²) >= 11 is 0. The van der Waals surface area contributed by atoms with Crippen LogP contribution in [0.15, 0.2) is 48.1 Å². The second-order valence-electron chi connectivity index (χ2n) is 3.67. The molecule has 2 rings (SSSR count). The average molecular weight is 220 g/mol. The highest BCUT2D eigenvalue weighted by atomic mass is 19.3. The van der Waals surface area contributed by atoms with E-state index in [9.17, 15) is 13.6 Å². The molecule has 0 saturated heterocycles. The van der Waals surface area contributed by atoms with E-state index in [1.54, 1.807) is 30.3 Å². The summed E-state index contributed by atoms with van der Waals surface area (Å²) in [7, 11) is 0. The van der Waals surface area contributed by atoms with Gasteiger partial charge in [-0.05, 0) is 24.6 Å². The maximum atomic E-state index is 13.4. The highest BCUT2D eigenvalue weighted by molar-refractivity contribution is 5.96. The van der Waals surface area contributed by atoms with Crippen LogP contribution in [0.3, 0.4) is 0 Å². The van der Waals surface area contributed by atoms with E-state index in [0.717, 1.165) is 0 Å². The molecule has 0 aromatic heterocycles. The number of alkyl halides is 2. The topological polar surface area (TPSA) is 17.1 Å². The van der Waals surface area contributed by atoms with Crippen LogP contribution in [0.4, 0.5) is 8.78 Å². The number of ketones is 1. The van der Waals surface area contributed by atoms with Crippen molar-refractivity contribution >= 4 is 11.4 Å². The quantitative estimate of drug-likeness (QED) is 0.715. The first kappa shape index (κ1) is 10.7. The molecular weight excluding hydrogens is 210 g/mol. The van der Waals surface area contributed by atoms with Gasteiger partial charge in [0, 0.05) is 11.1 Å². The highest BCUT2D eigenvalue weighted by Crippen LogP contribution is 2.55. The zero-order valence-corrected chi connectivity index (χ0v) is 8.71. The van der Waals surface area contributed by atoms with Gasteiger partial charge in [-0.15, -0.1) is 0 Å². The fourth-order valence-corrected chi connectivity index (χ4v) is 1.58. The molecule has 16 heavy (non-hydrogen) atoms. The summed E-state index contributed by atoms with van der Waals surface area (Å²) in [4.78, 5) is 10.7. The van der Waals surface area contributed by atoms with Gasteiger partial charge in [-0.3, -0.25) is 4.79 Å². The average Bonchev–Trinajstić information content (AvgIpc) is 2.79. The summed E-state index contributed by atoms with van der Waals surface area (Å²) in [5, 5.41) is 0. The van der Waals surface area contributed by atoms with E-state index in [-0.39, 0.29) is 16.9 Å². The van der Waals surface area contributed by atoms with Crippen LogP contribution in [-0.2, 0) is 4.79 Å². The van der Waals surface area contributed by atoms with E-state index in [2.05, 4.69) is 0 Å². The Morgan fingerprint density at radius 1 is 1.25 bits per heavy atom. The molecule has 0 N–H and O–H groups in total. The van der Waals surface area contributed by atoms with Gasteiger partial charge in [0.2, 0.25) is 0 Å². The molecule has 1 aliphatic rings. The van der Waals surface area contributed by atoms with Crippen LogP contribution in [0.2, 0.25) is 0 Å². The van der Waals surface area contributed by atoms with Gasteiger partial charge in [-0.25, -0.2) is 0 Å². The summed E-state index contributed by atoms with van der Waals surface area (Å²) in [5.74, 6) is -3.12. The number of halogens is 2. The molecule has 0 heterocycles. The van der Waals surface area contributed by atoms with Crippen molar-refractivity contribution < 1.29 is 13.6 Å². The van der Waals surface area contributed by atoms with E-state index in [1.807, 2.05) is 0 Å². The second kappa shape index (κ2) is 3.67. The Bertz CT molecular complexity index is 484. The minimum Gasteiger partial charge on any atom is -0.295 e. The van der Waals surface area contributed by atoms with Gasteiger partial charge in [0.15, 0.2) is 5.78 Å². The van der Waals surface area contributed by atoms with Crippen LogP contribution in [0.5, 0.6) is 0 Å². The van der Waals surface area contributed by atoms with Crippen LogP contribution in [-0.4, -0.2) is 11.7 Å². The zero-order valence-electron chi connectivity index (χ0n) is 8.71. The molecule has 82 valence electrons. The lowest BCUT2D eigenvalue weighted by molar-refractivity contribution is -0.112. The molecule has 0 atom stereocenters. The molecule has 1 aromatic rings. The van der Waals surface area contributed by atoms with Crippen molar-refractivity contribution in [2.24, 2.45) is 0 Å².